The zero-order valence-corrected chi connectivity index (χ0v) is 22.2. The number of aromatic hydroxyl groups is 1. The Bertz CT molecular complexity index is 947. The lowest BCUT2D eigenvalue weighted by molar-refractivity contribution is -0.142. The van der Waals surface area contributed by atoms with Crippen LogP contribution in [-0.2, 0) is 30.4 Å². The highest BCUT2D eigenvalue weighted by Crippen LogP contribution is 2.12. The van der Waals surface area contributed by atoms with Crippen molar-refractivity contribution in [1.82, 2.24) is 16.0 Å². The van der Waals surface area contributed by atoms with Crippen LogP contribution < -0.4 is 33.2 Å². The highest BCUT2D eigenvalue weighted by atomic mass is 32.2. The van der Waals surface area contributed by atoms with Crippen LogP contribution in [0, 0.1) is 0 Å². The molecule has 1 rings (SSSR count). The van der Waals surface area contributed by atoms with Crippen LogP contribution in [0.25, 0.3) is 0 Å². The Morgan fingerprint density at radius 3 is 2.03 bits per heavy atom. The molecule has 212 valence electrons. The van der Waals surface area contributed by atoms with E-state index >= 15 is 0 Å². The summed E-state index contributed by atoms with van der Waals surface area (Å²) in [5.74, 6) is -3.78. The van der Waals surface area contributed by atoms with Crippen LogP contribution in [0.5, 0.6) is 5.75 Å². The van der Waals surface area contributed by atoms with Gasteiger partial charge < -0.3 is 43.4 Å². The third-order valence-corrected chi connectivity index (χ3v) is 6.22. The molecule has 14 heteroatoms. The number of thioether (sulfide) groups is 1. The number of benzene rings is 1. The molecule has 0 heterocycles. The fourth-order valence-corrected chi connectivity index (χ4v) is 3.93. The van der Waals surface area contributed by atoms with Gasteiger partial charge in [0.15, 0.2) is 0 Å². The largest absolute Gasteiger partial charge is 0.508 e. The Morgan fingerprint density at radius 1 is 0.895 bits per heavy atom. The standard InChI is InChI=1S/C24H38N6O7S/c1-38-11-9-16(26)21(33)29-18(13-20(27)32)23(35)28-17(4-2-3-10-25)22(34)30-19(24(36)37)12-14-5-7-15(31)8-6-14/h5-8,16-19,31H,2-4,9-13,25-26H2,1H3,(H2,27,32)(H,28,35)(H,29,33)(H,30,34)(H,36,37). The van der Waals surface area contributed by atoms with Crippen molar-refractivity contribution >= 4 is 41.4 Å². The topological polar surface area (TPSA) is 240 Å². The molecule has 0 fully saturated rings. The van der Waals surface area contributed by atoms with E-state index in [-0.39, 0.29) is 18.6 Å². The summed E-state index contributed by atoms with van der Waals surface area (Å²) in [5.41, 5.74) is 17.2. The third kappa shape index (κ3) is 12.3. The van der Waals surface area contributed by atoms with E-state index in [2.05, 4.69) is 16.0 Å². The van der Waals surface area contributed by atoms with Gasteiger partial charge in [-0.05, 0) is 61.9 Å². The number of primary amides is 1. The van der Waals surface area contributed by atoms with Crippen LogP contribution in [0.15, 0.2) is 24.3 Å². The summed E-state index contributed by atoms with van der Waals surface area (Å²) in [4.78, 5) is 61.9. The summed E-state index contributed by atoms with van der Waals surface area (Å²) >= 11 is 1.49. The first kappa shape index (κ1) is 32.7. The second kappa shape index (κ2) is 17.2. The summed E-state index contributed by atoms with van der Waals surface area (Å²) < 4.78 is 0. The number of aliphatic carboxylic acids is 1. The predicted molar refractivity (Wildman–Crippen MR) is 143 cm³/mol. The van der Waals surface area contributed by atoms with Crippen molar-refractivity contribution in [3.8, 4) is 5.75 Å². The van der Waals surface area contributed by atoms with Crippen LogP contribution in [0.1, 0.15) is 37.7 Å². The van der Waals surface area contributed by atoms with Crippen molar-refractivity contribution in [3.05, 3.63) is 29.8 Å². The maximum Gasteiger partial charge on any atom is 0.326 e. The van der Waals surface area contributed by atoms with Crippen molar-refractivity contribution in [2.75, 3.05) is 18.6 Å². The van der Waals surface area contributed by atoms with Gasteiger partial charge in [0.2, 0.25) is 23.6 Å². The van der Waals surface area contributed by atoms with Gasteiger partial charge in [-0.15, -0.1) is 0 Å². The van der Waals surface area contributed by atoms with E-state index in [1.807, 2.05) is 6.26 Å². The molecule has 0 bridgehead atoms. The quantitative estimate of drug-likeness (QED) is 0.0982. The molecule has 4 unspecified atom stereocenters. The van der Waals surface area contributed by atoms with Gasteiger partial charge in [0.1, 0.15) is 23.9 Å². The van der Waals surface area contributed by atoms with Gasteiger partial charge in [-0.1, -0.05) is 12.1 Å². The molecular weight excluding hydrogens is 516 g/mol. The van der Waals surface area contributed by atoms with E-state index in [0.717, 1.165) is 0 Å². The highest BCUT2D eigenvalue weighted by Gasteiger charge is 2.31. The van der Waals surface area contributed by atoms with Gasteiger partial charge in [-0.3, -0.25) is 19.2 Å². The van der Waals surface area contributed by atoms with Crippen molar-refractivity contribution in [1.29, 1.82) is 0 Å². The number of phenolic OH excluding ortho intramolecular Hbond substituents is 1. The molecule has 0 aliphatic rings. The molecule has 0 radical (unpaired) electrons. The molecule has 1 aromatic carbocycles. The van der Waals surface area contributed by atoms with Crippen LogP contribution >= 0.6 is 11.8 Å². The average Bonchev–Trinajstić information content (AvgIpc) is 2.86. The minimum atomic E-state index is -1.38. The smallest absolute Gasteiger partial charge is 0.326 e. The Labute approximate surface area is 225 Å². The first-order valence-electron chi connectivity index (χ1n) is 12.1. The SMILES string of the molecule is CSCCC(N)C(=O)NC(CC(N)=O)C(=O)NC(CCCCN)C(=O)NC(Cc1ccc(O)cc1)C(=O)O. The summed E-state index contributed by atoms with van der Waals surface area (Å²) in [6, 6.07) is 1.06. The number of carbonyl (C=O) groups excluding carboxylic acids is 4. The molecule has 13 nitrogen and oxygen atoms in total. The maximum absolute atomic E-state index is 13.1. The van der Waals surface area contributed by atoms with Gasteiger partial charge >= 0.3 is 5.97 Å². The van der Waals surface area contributed by atoms with Crippen molar-refractivity contribution in [2.24, 2.45) is 17.2 Å². The Balaban J connectivity index is 3.01. The molecule has 0 spiro atoms. The molecule has 0 saturated heterocycles. The third-order valence-electron chi connectivity index (χ3n) is 5.58. The summed E-state index contributed by atoms with van der Waals surface area (Å²) in [6.07, 6.45) is 2.72. The van der Waals surface area contributed by atoms with Gasteiger partial charge in [0.25, 0.3) is 0 Å². The molecule has 4 amide bonds. The molecule has 0 aromatic heterocycles. The minimum Gasteiger partial charge on any atom is -0.508 e. The molecule has 38 heavy (non-hydrogen) atoms. The predicted octanol–water partition coefficient (Wildman–Crippen LogP) is -1.44. The number of carboxylic acids is 1. The van der Waals surface area contributed by atoms with Crippen LogP contribution in [0.3, 0.4) is 0 Å². The van der Waals surface area contributed by atoms with Crippen molar-refractivity contribution in [2.45, 2.75) is 62.7 Å². The van der Waals surface area contributed by atoms with E-state index in [0.29, 0.717) is 37.1 Å². The summed E-state index contributed by atoms with van der Waals surface area (Å²) in [6.45, 7) is 0.342. The molecule has 1 aromatic rings. The molecule has 11 N–H and O–H groups in total. The Hall–Kier alpha value is -3.36. The normalized spacial score (nSPS) is 14.0. The Kier molecular flexibility index (Phi) is 14.8. The molecule has 0 aliphatic heterocycles. The number of phenols is 1. The van der Waals surface area contributed by atoms with Crippen molar-refractivity contribution < 1.29 is 34.2 Å². The number of hydrogen-bond donors (Lipinski definition) is 8. The summed E-state index contributed by atoms with van der Waals surface area (Å²) in [5, 5.41) is 26.4. The minimum absolute atomic E-state index is 0.00940. The number of nitrogens with one attached hydrogen (secondary N) is 3. The highest BCUT2D eigenvalue weighted by molar-refractivity contribution is 7.98. The lowest BCUT2D eigenvalue weighted by atomic mass is 10.0. The lowest BCUT2D eigenvalue weighted by Gasteiger charge is -2.25. The Morgan fingerprint density at radius 2 is 1.47 bits per heavy atom. The van der Waals surface area contributed by atoms with E-state index < -0.39 is 60.2 Å². The lowest BCUT2D eigenvalue weighted by Crippen LogP contribution is -2.58. The molecular formula is C24H38N6O7S. The van der Waals surface area contributed by atoms with E-state index in [4.69, 9.17) is 17.2 Å². The monoisotopic (exact) mass is 554 g/mol. The van der Waals surface area contributed by atoms with Crippen LogP contribution in [0.2, 0.25) is 0 Å². The van der Waals surface area contributed by atoms with Crippen LogP contribution in [0.4, 0.5) is 0 Å². The fourth-order valence-electron chi connectivity index (χ4n) is 3.44. The summed E-state index contributed by atoms with van der Waals surface area (Å²) in [7, 11) is 0. The van der Waals surface area contributed by atoms with Gasteiger partial charge in [-0.25, -0.2) is 4.79 Å². The maximum atomic E-state index is 13.1. The first-order chi connectivity index (χ1) is 18.0. The zero-order chi connectivity index (χ0) is 28.7. The number of carbonyl (C=O) groups is 5. The van der Waals surface area contributed by atoms with E-state index in [9.17, 15) is 34.2 Å². The average molecular weight is 555 g/mol. The number of rotatable bonds is 18. The van der Waals surface area contributed by atoms with Gasteiger partial charge in [0.05, 0.1) is 12.5 Å². The van der Waals surface area contributed by atoms with E-state index in [1.54, 1.807) is 0 Å². The van der Waals surface area contributed by atoms with Gasteiger partial charge in [-0.2, -0.15) is 11.8 Å². The molecule has 0 aliphatic carbocycles. The first-order valence-corrected chi connectivity index (χ1v) is 13.5. The second-order valence-corrected chi connectivity index (χ2v) is 9.72. The van der Waals surface area contributed by atoms with Gasteiger partial charge in [0, 0.05) is 6.42 Å². The molecule has 0 saturated carbocycles. The molecule has 4 atom stereocenters. The fraction of sp³-hybridized carbons (Fsp3) is 0.542. The zero-order valence-electron chi connectivity index (χ0n) is 21.4. The number of amides is 4. The van der Waals surface area contributed by atoms with Crippen molar-refractivity contribution in [3.63, 3.8) is 0 Å². The van der Waals surface area contributed by atoms with E-state index in [1.165, 1.54) is 36.0 Å². The second-order valence-electron chi connectivity index (χ2n) is 8.74. The number of unbranched alkanes of at least 4 members (excludes halogenated alkanes) is 1. The number of carboxylic acid groups (broad SMARTS) is 1. The van der Waals surface area contributed by atoms with Crippen LogP contribution in [-0.4, -0.2) is 82.5 Å². The number of hydrogen-bond acceptors (Lipinski definition) is 9. The number of nitrogens with two attached hydrogens (primary N) is 3.